The Morgan fingerprint density at radius 3 is 2.55 bits per heavy atom. The number of anilines is 2. The third-order valence-corrected chi connectivity index (χ3v) is 2.97. The average molecular weight is 274 g/mol. The summed E-state index contributed by atoms with van der Waals surface area (Å²) in [5.74, 6) is -0.367. The molecule has 1 heterocycles. The summed E-state index contributed by atoms with van der Waals surface area (Å²) in [4.78, 5) is 14.0. The van der Waals surface area contributed by atoms with Gasteiger partial charge in [-0.1, -0.05) is 0 Å². The summed E-state index contributed by atoms with van der Waals surface area (Å²) in [7, 11) is 0. The minimum absolute atomic E-state index is 0.0199. The molecule has 0 aliphatic heterocycles. The fourth-order valence-corrected chi connectivity index (χ4v) is 2.03. The number of aromatic nitrogens is 4. The van der Waals surface area contributed by atoms with Gasteiger partial charge in [-0.3, -0.25) is 4.79 Å². The number of hydrogen-bond donors (Lipinski definition) is 2. The lowest BCUT2D eigenvalue weighted by atomic mass is 10.2. The molecule has 0 bridgehead atoms. The molecule has 7 nitrogen and oxygen atoms in total. The van der Waals surface area contributed by atoms with Crippen LogP contribution >= 0.6 is 0 Å². The predicted molar refractivity (Wildman–Crippen MR) is 76.7 cm³/mol. The van der Waals surface area contributed by atoms with E-state index in [4.69, 9.17) is 0 Å². The van der Waals surface area contributed by atoms with Crippen molar-refractivity contribution in [2.75, 3.05) is 16.8 Å². The molecule has 2 N–H and O–H groups in total. The van der Waals surface area contributed by atoms with E-state index in [-0.39, 0.29) is 11.7 Å². The third-order valence-electron chi connectivity index (χ3n) is 2.97. The summed E-state index contributed by atoms with van der Waals surface area (Å²) in [5, 5.41) is 15.6. The molecule has 106 valence electrons. The van der Waals surface area contributed by atoms with Crippen LogP contribution in [-0.2, 0) is 0 Å². The zero-order valence-electron chi connectivity index (χ0n) is 11.8. The van der Waals surface area contributed by atoms with Crippen LogP contribution in [0, 0.1) is 0 Å². The van der Waals surface area contributed by atoms with Crippen LogP contribution in [0.25, 0.3) is 0 Å². The van der Waals surface area contributed by atoms with Crippen LogP contribution in [0.4, 0.5) is 11.4 Å². The lowest BCUT2D eigenvalue weighted by molar-refractivity contribution is 0.101. The fourth-order valence-electron chi connectivity index (χ4n) is 2.03. The maximum absolute atomic E-state index is 11.8. The van der Waals surface area contributed by atoms with Crippen molar-refractivity contribution in [2.24, 2.45) is 0 Å². The number of amides is 1. The molecule has 0 saturated heterocycles. The molecule has 0 fully saturated rings. The van der Waals surface area contributed by atoms with Crippen molar-refractivity contribution in [1.29, 1.82) is 0 Å². The summed E-state index contributed by atoms with van der Waals surface area (Å²) >= 11 is 0. The van der Waals surface area contributed by atoms with E-state index in [9.17, 15) is 4.79 Å². The van der Waals surface area contributed by atoms with Gasteiger partial charge in [-0.2, -0.15) is 5.21 Å². The number of benzene rings is 1. The average Bonchev–Trinajstić information content (AvgIpc) is 2.95. The Labute approximate surface area is 117 Å². The summed E-state index contributed by atoms with van der Waals surface area (Å²) < 4.78 is 0. The van der Waals surface area contributed by atoms with E-state index in [0.717, 1.165) is 12.2 Å². The van der Waals surface area contributed by atoms with Gasteiger partial charge in [0.1, 0.15) is 0 Å². The first-order valence-corrected chi connectivity index (χ1v) is 6.53. The number of hydrogen-bond acceptors (Lipinski definition) is 5. The van der Waals surface area contributed by atoms with Gasteiger partial charge >= 0.3 is 0 Å². The largest absolute Gasteiger partial charge is 0.369 e. The van der Waals surface area contributed by atoms with Gasteiger partial charge in [0.2, 0.25) is 0 Å². The summed E-state index contributed by atoms with van der Waals surface area (Å²) in [6.07, 6.45) is 0. The van der Waals surface area contributed by atoms with Gasteiger partial charge in [-0.05, 0) is 50.3 Å². The van der Waals surface area contributed by atoms with Crippen LogP contribution in [-0.4, -0.2) is 39.1 Å². The Morgan fingerprint density at radius 1 is 1.35 bits per heavy atom. The first kappa shape index (κ1) is 14.0. The molecule has 0 unspecified atom stereocenters. The number of nitrogens with zero attached hydrogens (tertiary/aromatic N) is 4. The predicted octanol–water partition coefficient (Wildman–Crippen LogP) is 1.69. The number of carbonyl (C=O) groups excluding carboxylic acids is 1. The highest BCUT2D eigenvalue weighted by Gasteiger charge is 2.12. The van der Waals surface area contributed by atoms with E-state index in [1.165, 1.54) is 0 Å². The molecule has 0 radical (unpaired) electrons. The van der Waals surface area contributed by atoms with Crippen LogP contribution in [0.2, 0.25) is 0 Å². The zero-order valence-corrected chi connectivity index (χ0v) is 11.8. The molecular formula is C13H18N6O. The van der Waals surface area contributed by atoms with Gasteiger partial charge in [0.25, 0.3) is 11.7 Å². The topological polar surface area (TPSA) is 86.8 Å². The summed E-state index contributed by atoms with van der Waals surface area (Å²) in [6.45, 7) is 7.35. The van der Waals surface area contributed by atoms with E-state index < -0.39 is 0 Å². The lowest BCUT2D eigenvalue weighted by Crippen LogP contribution is -2.30. The Hall–Kier alpha value is -2.44. The van der Waals surface area contributed by atoms with Crippen molar-refractivity contribution in [3.05, 3.63) is 30.1 Å². The second-order valence-electron chi connectivity index (χ2n) is 4.62. The highest BCUT2D eigenvalue weighted by atomic mass is 16.2. The van der Waals surface area contributed by atoms with E-state index in [1.54, 1.807) is 0 Å². The van der Waals surface area contributed by atoms with Crippen molar-refractivity contribution in [3.63, 3.8) is 0 Å². The minimum Gasteiger partial charge on any atom is -0.369 e. The molecule has 0 saturated carbocycles. The first-order valence-electron chi connectivity index (χ1n) is 6.53. The number of aromatic amines is 1. The normalized spacial score (nSPS) is 10.6. The number of tetrazole rings is 1. The van der Waals surface area contributed by atoms with Crippen molar-refractivity contribution in [1.82, 2.24) is 20.6 Å². The molecule has 2 rings (SSSR count). The number of rotatable bonds is 5. The highest BCUT2D eigenvalue weighted by Crippen LogP contribution is 2.20. The van der Waals surface area contributed by atoms with Crippen molar-refractivity contribution in [2.45, 2.75) is 26.8 Å². The summed E-state index contributed by atoms with van der Waals surface area (Å²) in [5.41, 5.74) is 1.82. The zero-order chi connectivity index (χ0) is 14.5. The minimum atomic E-state index is -0.386. The van der Waals surface area contributed by atoms with Crippen LogP contribution < -0.4 is 10.2 Å². The molecule has 7 heteroatoms. The van der Waals surface area contributed by atoms with Gasteiger partial charge in [-0.25, -0.2) is 0 Å². The first-order chi connectivity index (χ1) is 9.61. The number of carbonyl (C=O) groups is 1. The number of H-pyrrole nitrogens is 1. The Balaban J connectivity index is 2.07. The van der Waals surface area contributed by atoms with Gasteiger partial charge in [0.15, 0.2) is 0 Å². The molecule has 1 aromatic carbocycles. The fraction of sp³-hybridized carbons (Fsp3) is 0.385. The smallest absolute Gasteiger partial charge is 0.297 e. The molecule has 1 aromatic heterocycles. The van der Waals surface area contributed by atoms with E-state index in [1.807, 2.05) is 24.3 Å². The Kier molecular flexibility index (Phi) is 4.29. The molecule has 2 aromatic rings. The molecule has 0 aliphatic rings. The Bertz CT molecular complexity index is 549. The van der Waals surface area contributed by atoms with Crippen LogP contribution in [0.5, 0.6) is 0 Å². The SMILES string of the molecule is CCN(c1ccc(NC(=O)c2nn[nH]n2)cc1)C(C)C. The van der Waals surface area contributed by atoms with E-state index >= 15 is 0 Å². The van der Waals surface area contributed by atoms with Crippen LogP contribution in [0.3, 0.4) is 0 Å². The highest BCUT2D eigenvalue weighted by molar-refractivity contribution is 6.01. The van der Waals surface area contributed by atoms with Crippen molar-refractivity contribution < 1.29 is 4.79 Å². The molecule has 0 aliphatic carbocycles. The molecule has 1 amide bonds. The summed E-state index contributed by atoms with van der Waals surface area (Å²) in [6, 6.07) is 8.11. The second kappa shape index (κ2) is 6.14. The van der Waals surface area contributed by atoms with Crippen molar-refractivity contribution >= 4 is 17.3 Å². The maximum atomic E-state index is 11.8. The van der Waals surface area contributed by atoms with Crippen LogP contribution in [0.15, 0.2) is 24.3 Å². The van der Waals surface area contributed by atoms with Gasteiger partial charge in [-0.15, -0.1) is 10.2 Å². The molecular weight excluding hydrogens is 256 g/mol. The standard InChI is InChI=1S/C13H18N6O/c1-4-19(9(2)3)11-7-5-10(6-8-11)14-13(20)12-15-17-18-16-12/h5-9H,4H2,1-3H3,(H,14,20)(H,15,16,17,18). The van der Waals surface area contributed by atoms with Crippen LogP contribution in [0.1, 0.15) is 31.4 Å². The Morgan fingerprint density at radius 2 is 2.05 bits per heavy atom. The number of nitrogens with one attached hydrogen (secondary N) is 2. The van der Waals surface area contributed by atoms with Gasteiger partial charge in [0, 0.05) is 24.0 Å². The van der Waals surface area contributed by atoms with E-state index in [0.29, 0.717) is 11.7 Å². The third kappa shape index (κ3) is 3.11. The van der Waals surface area contributed by atoms with Gasteiger partial charge < -0.3 is 10.2 Å². The molecule has 0 spiro atoms. The maximum Gasteiger partial charge on any atom is 0.297 e. The monoisotopic (exact) mass is 274 g/mol. The second-order valence-corrected chi connectivity index (χ2v) is 4.62. The van der Waals surface area contributed by atoms with Crippen molar-refractivity contribution in [3.8, 4) is 0 Å². The molecule has 20 heavy (non-hydrogen) atoms. The van der Waals surface area contributed by atoms with E-state index in [2.05, 4.69) is 51.6 Å². The van der Waals surface area contributed by atoms with Gasteiger partial charge in [0.05, 0.1) is 0 Å². The molecule has 0 atom stereocenters. The lowest BCUT2D eigenvalue weighted by Gasteiger charge is -2.27. The quantitative estimate of drug-likeness (QED) is 0.866.